The number of fused-ring (bicyclic) bond motifs is 2. The van der Waals surface area contributed by atoms with Gasteiger partial charge < -0.3 is 10.3 Å². The zero-order chi connectivity index (χ0) is 18.3. The number of hydrogen-bond acceptors (Lipinski definition) is 3. The Morgan fingerprint density at radius 1 is 1.04 bits per heavy atom. The van der Waals surface area contributed by atoms with E-state index in [1.807, 2.05) is 31.2 Å². The number of nitrogens with zero attached hydrogens (tertiary/aromatic N) is 1. The third-order valence-corrected chi connectivity index (χ3v) is 4.51. The molecular weight excluding hydrogens is 330 g/mol. The minimum absolute atomic E-state index is 0.0469. The van der Waals surface area contributed by atoms with Gasteiger partial charge in [0.15, 0.2) is 0 Å². The molecule has 1 aliphatic rings. The molecule has 0 unspecified atom stereocenters. The van der Waals surface area contributed by atoms with Gasteiger partial charge in [0.2, 0.25) is 5.91 Å². The lowest BCUT2D eigenvalue weighted by Gasteiger charge is -2.13. The Labute approximate surface area is 149 Å². The molecule has 2 heterocycles. The van der Waals surface area contributed by atoms with Crippen molar-refractivity contribution in [3.05, 3.63) is 65.4 Å². The van der Waals surface area contributed by atoms with Gasteiger partial charge in [0.05, 0.1) is 16.8 Å². The number of hydrogen-bond donors (Lipinski definition) is 2. The zero-order valence-electron chi connectivity index (χ0n) is 14.2. The predicted molar refractivity (Wildman–Crippen MR) is 98.1 cm³/mol. The number of carbonyl (C=O) groups excluding carboxylic acids is 3. The SMILES string of the molecule is Cc1cc2c(NC(=O)CCN3C(=O)c4ccccc4C3=O)cccc2[nH]1. The molecule has 0 radical (unpaired) electrons. The fraction of sp³-hybridized carbons (Fsp3) is 0.150. The molecule has 3 aromatic rings. The molecule has 1 aromatic heterocycles. The summed E-state index contributed by atoms with van der Waals surface area (Å²) in [5.41, 5.74) is 3.45. The first-order chi connectivity index (χ1) is 12.5. The maximum absolute atomic E-state index is 12.3. The zero-order valence-corrected chi connectivity index (χ0v) is 14.2. The summed E-state index contributed by atoms with van der Waals surface area (Å²) < 4.78 is 0. The van der Waals surface area contributed by atoms with E-state index < -0.39 is 0 Å². The molecule has 3 amide bonds. The number of aromatic nitrogens is 1. The van der Waals surface area contributed by atoms with E-state index in [0.717, 1.165) is 21.5 Å². The van der Waals surface area contributed by atoms with E-state index in [-0.39, 0.29) is 30.7 Å². The van der Waals surface area contributed by atoms with E-state index in [1.165, 1.54) is 0 Å². The van der Waals surface area contributed by atoms with Crippen molar-refractivity contribution in [1.82, 2.24) is 9.88 Å². The molecule has 1 aliphatic heterocycles. The van der Waals surface area contributed by atoms with Gasteiger partial charge in [0.1, 0.15) is 0 Å². The van der Waals surface area contributed by atoms with E-state index in [2.05, 4.69) is 10.3 Å². The molecular formula is C20H17N3O3. The third-order valence-electron chi connectivity index (χ3n) is 4.51. The average molecular weight is 347 g/mol. The quantitative estimate of drug-likeness (QED) is 0.712. The van der Waals surface area contributed by atoms with Crippen LogP contribution in [-0.2, 0) is 4.79 Å². The van der Waals surface area contributed by atoms with Crippen LogP contribution in [-0.4, -0.2) is 34.2 Å². The molecule has 0 aliphatic carbocycles. The number of aromatic amines is 1. The van der Waals surface area contributed by atoms with Gasteiger partial charge in [-0.25, -0.2) is 0 Å². The van der Waals surface area contributed by atoms with Crippen LogP contribution in [0.1, 0.15) is 32.8 Å². The highest BCUT2D eigenvalue weighted by Gasteiger charge is 2.34. The number of imide groups is 1. The molecule has 0 saturated heterocycles. The Morgan fingerprint density at radius 3 is 2.42 bits per heavy atom. The molecule has 0 fully saturated rings. The molecule has 26 heavy (non-hydrogen) atoms. The van der Waals surface area contributed by atoms with Gasteiger partial charge in [-0.1, -0.05) is 18.2 Å². The number of amides is 3. The maximum Gasteiger partial charge on any atom is 0.261 e. The minimum Gasteiger partial charge on any atom is -0.359 e. The monoisotopic (exact) mass is 347 g/mol. The lowest BCUT2D eigenvalue weighted by molar-refractivity contribution is -0.116. The lowest BCUT2D eigenvalue weighted by Crippen LogP contribution is -2.32. The first-order valence-corrected chi connectivity index (χ1v) is 8.38. The average Bonchev–Trinajstić information content (AvgIpc) is 3.12. The summed E-state index contributed by atoms with van der Waals surface area (Å²) in [7, 11) is 0. The van der Waals surface area contributed by atoms with Crippen molar-refractivity contribution < 1.29 is 14.4 Å². The molecule has 0 spiro atoms. The summed E-state index contributed by atoms with van der Waals surface area (Å²) in [4.78, 5) is 41.3. The second kappa shape index (κ2) is 6.15. The van der Waals surface area contributed by atoms with Gasteiger partial charge in [-0.05, 0) is 37.3 Å². The fourth-order valence-corrected chi connectivity index (χ4v) is 3.27. The predicted octanol–water partition coefficient (Wildman–Crippen LogP) is 3.10. The Balaban J connectivity index is 1.45. The molecule has 6 nitrogen and oxygen atoms in total. The molecule has 0 bridgehead atoms. The Bertz CT molecular complexity index is 1020. The maximum atomic E-state index is 12.3. The summed E-state index contributed by atoms with van der Waals surface area (Å²) in [5.74, 6) is -0.934. The van der Waals surface area contributed by atoms with Crippen LogP contribution >= 0.6 is 0 Å². The summed E-state index contributed by atoms with van der Waals surface area (Å²) in [6.45, 7) is 2.01. The summed E-state index contributed by atoms with van der Waals surface area (Å²) >= 11 is 0. The number of nitrogens with one attached hydrogen (secondary N) is 2. The molecule has 2 N–H and O–H groups in total. The lowest BCUT2D eigenvalue weighted by atomic mass is 10.1. The van der Waals surface area contributed by atoms with E-state index >= 15 is 0 Å². The smallest absolute Gasteiger partial charge is 0.261 e. The van der Waals surface area contributed by atoms with Crippen LogP contribution in [0.4, 0.5) is 5.69 Å². The topological polar surface area (TPSA) is 82.3 Å². The third kappa shape index (κ3) is 2.65. The second-order valence-corrected chi connectivity index (χ2v) is 6.32. The van der Waals surface area contributed by atoms with Crippen molar-refractivity contribution in [3.63, 3.8) is 0 Å². The molecule has 0 saturated carbocycles. The van der Waals surface area contributed by atoms with Crippen LogP contribution in [0.2, 0.25) is 0 Å². The number of anilines is 1. The van der Waals surface area contributed by atoms with Gasteiger partial charge in [0.25, 0.3) is 11.8 Å². The van der Waals surface area contributed by atoms with Gasteiger partial charge in [-0.2, -0.15) is 0 Å². The normalized spacial score (nSPS) is 13.3. The highest BCUT2D eigenvalue weighted by molar-refractivity contribution is 6.21. The molecule has 4 rings (SSSR count). The summed E-state index contributed by atoms with van der Waals surface area (Å²) in [6, 6.07) is 14.3. The van der Waals surface area contributed by atoms with E-state index in [1.54, 1.807) is 24.3 Å². The van der Waals surface area contributed by atoms with Gasteiger partial charge in [-0.15, -0.1) is 0 Å². The van der Waals surface area contributed by atoms with Crippen LogP contribution in [0, 0.1) is 6.92 Å². The molecule has 6 heteroatoms. The number of rotatable bonds is 4. The van der Waals surface area contributed by atoms with Crippen molar-refractivity contribution >= 4 is 34.3 Å². The number of H-pyrrole nitrogens is 1. The van der Waals surface area contributed by atoms with Crippen LogP contribution in [0.25, 0.3) is 10.9 Å². The Morgan fingerprint density at radius 2 is 1.73 bits per heavy atom. The van der Waals surface area contributed by atoms with Crippen molar-refractivity contribution in [2.24, 2.45) is 0 Å². The fourth-order valence-electron chi connectivity index (χ4n) is 3.27. The van der Waals surface area contributed by atoms with Gasteiger partial charge in [-0.3, -0.25) is 19.3 Å². The van der Waals surface area contributed by atoms with Crippen molar-refractivity contribution in [3.8, 4) is 0 Å². The largest absolute Gasteiger partial charge is 0.359 e. The number of aryl methyl sites for hydroxylation is 1. The van der Waals surface area contributed by atoms with Crippen molar-refractivity contribution in [1.29, 1.82) is 0 Å². The molecule has 0 atom stereocenters. The molecule has 130 valence electrons. The summed E-state index contributed by atoms with van der Waals surface area (Å²) in [5, 5.41) is 3.79. The highest BCUT2D eigenvalue weighted by atomic mass is 16.2. The highest BCUT2D eigenvalue weighted by Crippen LogP contribution is 2.25. The van der Waals surface area contributed by atoms with Crippen LogP contribution in [0.5, 0.6) is 0 Å². The standard InChI is InChI=1S/C20H17N3O3/c1-12-11-15-16(21-12)7-4-8-17(15)22-18(24)9-10-23-19(25)13-5-2-3-6-14(13)20(23)26/h2-8,11,21H,9-10H2,1H3,(H,22,24). The molecule has 2 aromatic carbocycles. The first-order valence-electron chi connectivity index (χ1n) is 8.38. The van der Waals surface area contributed by atoms with Crippen LogP contribution in [0.3, 0.4) is 0 Å². The van der Waals surface area contributed by atoms with Gasteiger partial charge in [0, 0.05) is 29.6 Å². The minimum atomic E-state index is -0.346. The van der Waals surface area contributed by atoms with Gasteiger partial charge >= 0.3 is 0 Å². The second-order valence-electron chi connectivity index (χ2n) is 6.32. The van der Waals surface area contributed by atoms with Crippen LogP contribution < -0.4 is 5.32 Å². The number of benzene rings is 2. The van der Waals surface area contributed by atoms with Crippen molar-refractivity contribution in [2.75, 3.05) is 11.9 Å². The Kier molecular flexibility index (Phi) is 3.80. The first kappa shape index (κ1) is 16.1. The van der Waals surface area contributed by atoms with E-state index in [4.69, 9.17) is 0 Å². The van der Waals surface area contributed by atoms with E-state index in [9.17, 15) is 14.4 Å². The Hall–Kier alpha value is -3.41. The number of carbonyl (C=O) groups is 3. The summed E-state index contributed by atoms with van der Waals surface area (Å²) in [6.07, 6.45) is 0.0469. The van der Waals surface area contributed by atoms with Crippen LogP contribution in [0.15, 0.2) is 48.5 Å². The van der Waals surface area contributed by atoms with Crippen molar-refractivity contribution in [2.45, 2.75) is 13.3 Å². The van der Waals surface area contributed by atoms with E-state index in [0.29, 0.717) is 16.8 Å².